The van der Waals surface area contributed by atoms with Crippen LogP contribution in [-0.4, -0.2) is 48.0 Å². The van der Waals surface area contributed by atoms with Crippen LogP contribution in [0.1, 0.15) is 26.8 Å². The lowest BCUT2D eigenvalue weighted by atomic mass is 10.3. The number of nitrogens with zero attached hydrogens (tertiary/aromatic N) is 4. The second-order valence-electron chi connectivity index (χ2n) is 6.34. The summed E-state index contributed by atoms with van der Waals surface area (Å²) in [4.78, 5) is 26.8. The Morgan fingerprint density at radius 2 is 1.92 bits per heavy atom. The van der Waals surface area contributed by atoms with Crippen LogP contribution in [0.15, 0.2) is 18.2 Å². The van der Waals surface area contributed by atoms with Gasteiger partial charge in [-0.2, -0.15) is 0 Å². The number of fused-ring (bicyclic) bond motifs is 1. The van der Waals surface area contributed by atoms with Gasteiger partial charge < -0.3 is 4.90 Å². The number of thiazole rings is 2. The average Bonchev–Trinajstić information content (AvgIpc) is 3.14. The maximum Gasteiger partial charge on any atom is 0.272 e. The molecule has 138 valence electrons. The Morgan fingerprint density at radius 1 is 1.15 bits per heavy atom. The van der Waals surface area contributed by atoms with Gasteiger partial charge >= 0.3 is 0 Å². The molecule has 5 nitrogen and oxygen atoms in total. The number of benzene rings is 1. The van der Waals surface area contributed by atoms with Crippen LogP contribution in [0.3, 0.4) is 0 Å². The minimum Gasteiger partial charge on any atom is -0.309 e. The van der Waals surface area contributed by atoms with Gasteiger partial charge in [-0.3, -0.25) is 9.69 Å². The van der Waals surface area contributed by atoms with Crippen molar-refractivity contribution < 1.29 is 4.79 Å². The van der Waals surface area contributed by atoms with Gasteiger partial charge in [-0.1, -0.05) is 29.0 Å². The SMILES string of the molecule is Cc1nc(C)c(C(=O)N(CCCN(C)C)c2nc3c(Cl)cccc3s2)s1. The number of anilines is 1. The molecule has 2 aromatic heterocycles. The fourth-order valence-electron chi connectivity index (χ4n) is 2.70. The molecule has 0 unspecified atom stereocenters. The normalized spacial score (nSPS) is 11.5. The lowest BCUT2D eigenvalue weighted by Crippen LogP contribution is -2.33. The molecule has 1 aromatic carbocycles. The summed E-state index contributed by atoms with van der Waals surface area (Å²) in [6, 6.07) is 5.71. The Morgan fingerprint density at radius 3 is 2.54 bits per heavy atom. The van der Waals surface area contributed by atoms with Crippen LogP contribution < -0.4 is 4.90 Å². The lowest BCUT2D eigenvalue weighted by molar-refractivity contribution is 0.0989. The highest BCUT2D eigenvalue weighted by Gasteiger charge is 2.25. The molecule has 2 heterocycles. The first-order valence-corrected chi connectivity index (χ1v) is 10.3. The van der Waals surface area contributed by atoms with E-state index in [9.17, 15) is 4.79 Å². The van der Waals surface area contributed by atoms with E-state index in [0.717, 1.165) is 33.9 Å². The van der Waals surface area contributed by atoms with E-state index >= 15 is 0 Å². The Kier molecular flexibility index (Phi) is 5.92. The molecule has 0 spiro atoms. The number of carbonyl (C=O) groups excluding carboxylic acids is 1. The molecule has 8 heteroatoms. The summed E-state index contributed by atoms with van der Waals surface area (Å²) in [6.07, 6.45) is 0.860. The smallest absolute Gasteiger partial charge is 0.272 e. The zero-order valence-corrected chi connectivity index (χ0v) is 17.6. The molecule has 1 amide bonds. The van der Waals surface area contributed by atoms with Gasteiger partial charge in [0.05, 0.1) is 20.4 Å². The predicted octanol–water partition coefficient (Wildman–Crippen LogP) is 4.62. The Hall–Kier alpha value is -1.54. The Labute approximate surface area is 166 Å². The van der Waals surface area contributed by atoms with Crippen molar-refractivity contribution in [3.8, 4) is 0 Å². The number of hydrogen-bond donors (Lipinski definition) is 0. The van der Waals surface area contributed by atoms with Crippen molar-refractivity contribution in [1.82, 2.24) is 14.9 Å². The first-order valence-electron chi connectivity index (χ1n) is 8.32. The fraction of sp³-hybridized carbons (Fsp3) is 0.389. The molecule has 0 aliphatic heterocycles. The lowest BCUT2D eigenvalue weighted by Gasteiger charge is -2.20. The summed E-state index contributed by atoms with van der Waals surface area (Å²) in [5, 5.41) is 2.18. The second kappa shape index (κ2) is 8.00. The van der Waals surface area contributed by atoms with E-state index in [0.29, 0.717) is 21.6 Å². The second-order valence-corrected chi connectivity index (χ2v) is 8.96. The Balaban J connectivity index is 1.97. The van der Waals surface area contributed by atoms with Crippen LogP contribution in [0.25, 0.3) is 10.2 Å². The van der Waals surface area contributed by atoms with Crippen LogP contribution >= 0.6 is 34.3 Å². The third-order valence-electron chi connectivity index (χ3n) is 3.92. The largest absolute Gasteiger partial charge is 0.309 e. The highest BCUT2D eigenvalue weighted by atomic mass is 35.5. The summed E-state index contributed by atoms with van der Waals surface area (Å²) in [6.45, 7) is 5.30. The van der Waals surface area contributed by atoms with E-state index in [4.69, 9.17) is 11.6 Å². The van der Waals surface area contributed by atoms with E-state index in [1.165, 1.54) is 22.7 Å². The maximum absolute atomic E-state index is 13.2. The van der Waals surface area contributed by atoms with Crippen molar-refractivity contribution >= 4 is 55.5 Å². The summed E-state index contributed by atoms with van der Waals surface area (Å²) in [7, 11) is 4.06. The van der Waals surface area contributed by atoms with Crippen LogP contribution in [-0.2, 0) is 0 Å². The highest BCUT2D eigenvalue weighted by molar-refractivity contribution is 7.22. The highest BCUT2D eigenvalue weighted by Crippen LogP contribution is 2.34. The molecular weight excluding hydrogens is 388 g/mol. The van der Waals surface area contributed by atoms with Gasteiger partial charge in [-0.15, -0.1) is 11.3 Å². The maximum atomic E-state index is 13.2. The molecule has 0 N–H and O–H groups in total. The quantitative estimate of drug-likeness (QED) is 0.597. The Bertz CT molecular complexity index is 935. The van der Waals surface area contributed by atoms with Crippen LogP contribution in [0.2, 0.25) is 5.02 Å². The average molecular weight is 409 g/mol. The van der Waals surface area contributed by atoms with Crippen molar-refractivity contribution in [2.24, 2.45) is 0 Å². The molecule has 0 aliphatic rings. The minimum absolute atomic E-state index is 0.0398. The van der Waals surface area contributed by atoms with Gasteiger partial charge in [-0.05, 0) is 53.0 Å². The standard InChI is InChI=1S/C18H21ClN4OS2/c1-11-16(25-12(2)20-11)17(24)23(10-6-9-22(3)4)18-21-15-13(19)7-5-8-14(15)26-18/h5,7-8H,6,9-10H2,1-4H3. The number of rotatable bonds is 6. The van der Waals surface area contributed by atoms with Crippen molar-refractivity contribution in [1.29, 1.82) is 0 Å². The molecule has 0 atom stereocenters. The van der Waals surface area contributed by atoms with Gasteiger partial charge in [0.25, 0.3) is 5.91 Å². The summed E-state index contributed by atoms with van der Waals surface area (Å²) >= 11 is 9.20. The van der Waals surface area contributed by atoms with Crippen LogP contribution in [0.5, 0.6) is 0 Å². The van der Waals surface area contributed by atoms with Gasteiger partial charge in [0.2, 0.25) is 0 Å². The van der Waals surface area contributed by atoms with Crippen molar-refractivity contribution in [2.75, 3.05) is 32.1 Å². The van der Waals surface area contributed by atoms with Crippen molar-refractivity contribution in [3.63, 3.8) is 0 Å². The first-order chi connectivity index (χ1) is 12.4. The van der Waals surface area contributed by atoms with E-state index in [1.54, 1.807) is 4.90 Å². The summed E-state index contributed by atoms with van der Waals surface area (Å²) in [5.74, 6) is -0.0398. The molecular formula is C18H21ClN4OS2. The van der Waals surface area contributed by atoms with Crippen molar-refractivity contribution in [2.45, 2.75) is 20.3 Å². The monoisotopic (exact) mass is 408 g/mol. The summed E-state index contributed by atoms with van der Waals surface area (Å²) < 4.78 is 0.982. The molecule has 0 saturated heterocycles. The van der Waals surface area contributed by atoms with Crippen LogP contribution in [0.4, 0.5) is 5.13 Å². The predicted molar refractivity (Wildman–Crippen MR) is 111 cm³/mol. The van der Waals surface area contributed by atoms with Gasteiger partial charge in [-0.25, -0.2) is 9.97 Å². The number of aryl methyl sites for hydroxylation is 2. The molecule has 3 aromatic rings. The molecule has 0 saturated carbocycles. The number of hydrogen-bond acceptors (Lipinski definition) is 6. The van der Waals surface area contributed by atoms with Gasteiger partial charge in [0, 0.05) is 6.54 Å². The fourth-order valence-corrected chi connectivity index (χ4v) is 4.86. The number of amides is 1. The zero-order valence-electron chi connectivity index (χ0n) is 15.2. The number of aromatic nitrogens is 2. The number of halogens is 1. The molecule has 0 radical (unpaired) electrons. The molecule has 3 rings (SSSR count). The minimum atomic E-state index is -0.0398. The number of para-hydroxylation sites is 1. The van der Waals surface area contributed by atoms with E-state index in [-0.39, 0.29) is 5.91 Å². The topological polar surface area (TPSA) is 49.3 Å². The van der Waals surface area contributed by atoms with E-state index < -0.39 is 0 Å². The third-order valence-corrected chi connectivity index (χ3v) is 6.33. The van der Waals surface area contributed by atoms with Crippen molar-refractivity contribution in [3.05, 3.63) is 38.8 Å². The molecule has 0 bridgehead atoms. The van der Waals surface area contributed by atoms with Gasteiger partial charge in [0.1, 0.15) is 10.4 Å². The van der Waals surface area contributed by atoms with E-state index in [2.05, 4.69) is 14.9 Å². The van der Waals surface area contributed by atoms with Crippen LogP contribution in [0, 0.1) is 13.8 Å². The molecule has 0 fully saturated rings. The third kappa shape index (κ3) is 4.06. The molecule has 26 heavy (non-hydrogen) atoms. The van der Waals surface area contributed by atoms with Gasteiger partial charge in [0.15, 0.2) is 5.13 Å². The number of carbonyl (C=O) groups is 1. The molecule has 0 aliphatic carbocycles. The first kappa shape index (κ1) is 19.2. The van der Waals surface area contributed by atoms with E-state index in [1.807, 2.05) is 46.1 Å². The zero-order chi connectivity index (χ0) is 18.8. The summed E-state index contributed by atoms with van der Waals surface area (Å²) in [5.41, 5.74) is 1.52.